The molecule has 0 aliphatic heterocycles. The highest BCUT2D eigenvalue weighted by atomic mass is 16.7. The zero-order valence-electron chi connectivity index (χ0n) is 18.6. The van der Waals surface area contributed by atoms with Gasteiger partial charge in [-0.15, -0.1) is 0 Å². The topological polar surface area (TPSA) is 115 Å². The Bertz CT molecular complexity index is 881. The number of amides is 2. The molecule has 0 radical (unpaired) electrons. The molecule has 0 fully saturated rings. The lowest BCUT2D eigenvalue weighted by atomic mass is 10.1. The monoisotopic (exact) mass is 427 g/mol. The first-order valence-corrected chi connectivity index (χ1v) is 10.2. The zero-order chi connectivity index (χ0) is 22.8. The summed E-state index contributed by atoms with van der Waals surface area (Å²) in [6.45, 7) is 6.35. The lowest BCUT2D eigenvalue weighted by molar-refractivity contribution is 0.0511. The van der Waals surface area contributed by atoms with Crippen LogP contribution in [0.3, 0.4) is 0 Å². The van der Waals surface area contributed by atoms with Gasteiger partial charge < -0.3 is 25.8 Å². The number of allylic oxidation sites excluding steroid dienone is 1. The molecular weight excluding hydrogens is 394 g/mol. The number of hydrazine groups is 1. The van der Waals surface area contributed by atoms with E-state index in [2.05, 4.69) is 24.5 Å². The number of nitrogens with zero attached hydrogens (tertiary/aromatic N) is 1. The van der Waals surface area contributed by atoms with Gasteiger partial charge in [-0.25, -0.2) is 10.6 Å². The maximum Gasteiger partial charge on any atom is 0.323 e. The predicted molar refractivity (Wildman–Crippen MR) is 126 cm³/mol. The first-order chi connectivity index (χ1) is 14.8. The molecule has 0 saturated carbocycles. The Hall–Kier alpha value is -3.23. The third-order valence-electron chi connectivity index (χ3n) is 4.54. The number of urea groups is 1. The summed E-state index contributed by atoms with van der Waals surface area (Å²) in [4.78, 5) is 12.4. The number of anilines is 3. The SMILES string of the molecule is COCOc1ccc(C)c(NC(=O)Nc2ccc(N(N)/C=C(\N)CCC(C)C)cc2)c1. The normalized spacial score (nSPS) is 11.4. The summed E-state index contributed by atoms with van der Waals surface area (Å²) in [6.07, 6.45) is 3.52. The molecule has 0 aliphatic rings. The highest BCUT2D eigenvalue weighted by Gasteiger charge is 2.08. The number of nitrogens with two attached hydrogens (primary N) is 2. The van der Waals surface area contributed by atoms with Gasteiger partial charge in [0.15, 0.2) is 6.79 Å². The second-order valence-corrected chi connectivity index (χ2v) is 7.70. The minimum absolute atomic E-state index is 0.137. The Morgan fingerprint density at radius 2 is 1.87 bits per heavy atom. The number of ether oxygens (including phenoxy) is 2. The van der Waals surface area contributed by atoms with Gasteiger partial charge in [0.05, 0.1) is 5.69 Å². The Morgan fingerprint density at radius 1 is 1.16 bits per heavy atom. The second-order valence-electron chi connectivity index (χ2n) is 7.70. The summed E-state index contributed by atoms with van der Waals surface area (Å²) in [7, 11) is 1.55. The largest absolute Gasteiger partial charge is 0.467 e. The molecule has 0 aliphatic carbocycles. The molecule has 8 heteroatoms. The Kier molecular flexibility index (Phi) is 9.17. The lowest BCUT2D eigenvalue weighted by Gasteiger charge is -2.16. The summed E-state index contributed by atoms with van der Waals surface area (Å²) in [5.74, 6) is 7.27. The fourth-order valence-corrected chi connectivity index (χ4v) is 2.73. The van der Waals surface area contributed by atoms with Crippen LogP contribution in [0.5, 0.6) is 5.75 Å². The first kappa shape index (κ1) is 24.0. The molecule has 0 saturated heterocycles. The van der Waals surface area contributed by atoms with Crippen molar-refractivity contribution in [3.8, 4) is 5.75 Å². The number of methoxy groups -OCH3 is 1. The van der Waals surface area contributed by atoms with E-state index in [0.29, 0.717) is 23.0 Å². The Labute approximate surface area is 184 Å². The minimum atomic E-state index is -0.359. The van der Waals surface area contributed by atoms with E-state index in [1.807, 2.05) is 31.2 Å². The Balaban J connectivity index is 1.95. The molecule has 168 valence electrons. The van der Waals surface area contributed by atoms with Gasteiger partial charge in [-0.1, -0.05) is 19.9 Å². The highest BCUT2D eigenvalue weighted by Crippen LogP contribution is 2.23. The van der Waals surface area contributed by atoms with Gasteiger partial charge in [0, 0.05) is 36.4 Å². The van der Waals surface area contributed by atoms with Crippen LogP contribution in [0.25, 0.3) is 0 Å². The van der Waals surface area contributed by atoms with Crippen molar-refractivity contribution < 1.29 is 14.3 Å². The molecule has 0 spiro atoms. The number of hydrogen-bond acceptors (Lipinski definition) is 6. The van der Waals surface area contributed by atoms with Crippen molar-refractivity contribution in [2.45, 2.75) is 33.6 Å². The van der Waals surface area contributed by atoms with Crippen LogP contribution in [-0.4, -0.2) is 19.9 Å². The van der Waals surface area contributed by atoms with Gasteiger partial charge in [0.1, 0.15) is 5.75 Å². The van der Waals surface area contributed by atoms with Gasteiger partial charge in [-0.2, -0.15) is 0 Å². The molecule has 31 heavy (non-hydrogen) atoms. The third-order valence-corrected chi connectivity index (χ3v) is 4.54. The predicted octanol–water partition coefficient (Wildman–Crippen LogP) is 4.54. The van der Waals surface area contributed by atoms with Crippen LogP contribution in [0.15, 0.2) is 54.4 Å². The van der Waals surface area contributed by atoms with Crippen molar-refractivity contribution in [2.75, 3.05) is 29.5 Å². The molecule has 8 nitrogen and oxygen atoms in total. The minimum Gasteiger partial charge on any atom is -0.467 e. The smallest absolute Gasteiger partial charge is 0.323 e. The molecule has 2 rings (SSSR count). The molecule has 0 bridgehead atoms. The summed E-state index contributed by atoms with van der Waals surface area (Å²) < 4.78 is 10.3. The summed E-state index contributed by atoms with van der Waals surface area (Å²) in [5.41, 5.74) is 9.72. The van der Waals surface area contributed by atoms with Crippen molar-refractivity contribution >= 4 is 23.1 Å². The van der Waals surface area contributed by atoms with E-state index in [-0.39, 0.29) is 12.8 Å². The van der Waals surface area contributed by atoms with E-state index in [4.69, 9.17) is 21.1 Å². The fourth-order valence-electron chi connectivity index (χ4n) is 2.73. The molecule has 0 unspecified atom stereocenters. The number of carbonyl (C=O) groups excluding carboxylic acids is 1. The van der Waals surface area contributed by atoms with Gasteiger partial charge in [-0.05, 0) is 61.6 Å². The van der Waals surface area contributed by atoms with Gasteiger partial charge >= 0.3 is 6.03 Å². The van der Waals surface area contributed by atoms with Gasteiger partial charge in [0.2, 0.25) is 0 Å². The van der Waals surface area contributed by atoms with Gasteiger partial charge in [0.25, 0.3) is 0 Å². The molecule has 0 heterocycles. The molecular formula is C23H33N5O3. The van der Waals surface area contributed by atoms with Crippen molar-refractivity contribution in [2.24, 2.45) is 17.5 Å². The number of hydrogen-bond donors (Lipinski definition) is 4. The molecule has 0 aromatic heterocycles. The summed E-state index contributed by atoms with van der Waals surface area (Å²) in [6, 6.07) is 12.3. The van der Waals surface area contributed by atoms with Crippen molar-refractivity contribution in [3.63, 3.8) is 0 Å². The van der Waals surface area contributed by atoms with Crippen LogP contribution in [0, 0.1) is 12.8 Å². The average molecular weight is 428 g/mol. The van der Waals surface area contributed by atoms with E-state index in [0.717, 1.165) is 29.8 Å². The number of rotatable bonds is 10. The highest BCUT2D eigenvalue weighted by molar-refractivity contribution is 6.00. The molecule has 2 aromatic rings. The molecule has 0 atom stereocenters. The van der Waals surface area contributed by atoms with Crippen LogP contribution >= 0.6 is 0 Å². The van der Waals surface area contributed by atoms with E-state index in [1.165, 1.54) is 5.01 Å². The van der Waals surface area contributed by atoms with Crippen LogP contribution in [0.1, 0.15) is 32.3 Å². The van der Waals surface area contributed by atoms with Crippen LogP contribution in [0.4, 0.5) is 21.9 Å². The average Bonchev–Trinajstić information content (AvgIpc) is 2.73. The fraction of sp³-hybridized carbons (Fsp3) is 0.348. The maximum absolute atomic E-state index is 12.4. The van der Waals surface area contributed by atoms with E-state index in [1.54, 1.807) is 31.5 Å². The first-order valence-electron chi connectivity index (χ1n) is 10.2. The van der Waals surface area contributed by atoms with Crippen LogP contribution < -0.4 is 32.0 Å². The number of carbonyl (C=O) groups is 1. The standard InChI is InChI=1S/C23H33N5O3/c1-16(2)5-7-18(24)14-28(25)20-10-8-19(9-11-20)26-23(29)27-22-13-21(31-15-30-4)12-6-17(22)3/h6,8-14,16H,5,7,15,24-25H2,1-4H3,(H2,26,27,29)/b18-14-. The second kappa shape index (κ2) is 11.8. The maximum atomic E-state index is 12.4. The lowest BCUT2D eigenvalue weighted by Crippen LogP contribution is -2.26. The third kappa shape index (κ3) is 8.19. The molecule has 2 aromatic carbocycles. The quantitative estimate of drug-likeness (QED) is 0.251. The zero-order valence-corrected chi connectivity index (χ0v) is 18.6. The van der Waals surface area contributed by atoms with E-state index in [9.17, 15) is 4.79 Å². The molecule has 2 amide bonds. The van der Waals surface area contributed by atoms with Crippen molar-refractivity contribution in [1.29, 1.82) is 0 Å². The van der Waals surface area contributed by atoms with Gasteiger partial charge in [-0.3, -0.25) is 5.01 Å². The van der Waals surface area contributed by atoms with Crippen LogP contribution in [-0.2, 0) is 4.74 Å². The van der Waals surface area contributed by atoms with Crippen molar-refractivity contribution in [3.05, 3.63) is 59.9 Å². The molecule has 6 N–H and O–H groups in total. The van der Waals surface area contributed by atoms with E-state index >= 15 is 0 Å². The summed E-state index contributed by atoms with van der Waals surface area (Å²) in [5, 5.41) is 7.12. The van der Waals surface area contributed by atoms with Crippen LogP contribution in [0.2, 0.25) is 0 Å². The summed E-state index contributed by atoms with van der Waals surface area (Å²) >= 11 is 0. The number of benzene rings is 2. The van der Waals surface area contributed by atoms with Crippen molar-refractivity contribution in [1.82, 2.24) is 0 Å². The number of aryl methyl sites for hydroxylation is 1. The number of nitrogens with one attached hydrogen (secondary N) is 2. The Morgan fingerprint density at radius 3 is 2.52 bits per heavy atom. The van der Waals surface area contributed by atoms with E-state index < -0.39 is 0 Å².